The summed E-state index contributed by atoms with van der Waals surface area (Å²) in [4.78, 5) is 23.9. The van der Waals surface area contributed by atoms with Gasteiger partial charge in [-0.15, -0.1) is 11.3 Å². The van der Waals surface area contributed by atoms with Gasteiger partial charge in [-0.2, -0.15) is 0 Å². The van der Waals surface area contributed by atoms with Gasteiger partial charge in [-0.1, -0.05) is 26.7 Å². The van der Waals surface area contributed by atoms with E-state index in [4.69, 9.17) is 11.5 Å². The van der Waals surface area contributed by atoms with E-state index in [2.05, 4.69) is 17.6 Å². The van der Waals surface area contributed by atoms with E-state index >= 15 is 0 Å². The van der Waals surface area contributed by atoms with Gasteiger partial charge >= 0.3 is 0 Å². The number of rotatable bonds is 9. The van der Waals surface area contributed by atoms with E-state index in [0.717, 1.165) is 32.2 Å². The molecule has 1 aromatic heterocycles. The molecular formula is C14H24N4O2S. The van der Waals surface area contributed by atoms with Crippen molar-refractivity contribution in [1.82, 2.24) is 5.32 Å². The number of hydrogen-bond donors (Lipinski definition) is 4. The third-order valence-electron chi connectivity index (χ3n) is 3.00. The molecule has 0 atom stereocenters. The number of primary amides is 1. The molecule has 0 aliphatic heterocycles. The van der Waals surface area contributed by atoms with E-state index in [1.54, 1.807) is 0 Å². The summed E-state index contributed by atoms with van der Waals surface area (Å²) in [7, 11) is 0. The first kappa shape index (κ1) is 17.3. The Morgan fingerprint density at radius 1 is 1.14 bits per heavy atom. The van der Waals surface area contributed by atoms with Gasteiger partial charge in [0.1, 0.15) is 9.88 Å². The third kappa shape index (κ3) is 4.63. The number of hydrogen-bond acceptors (Lipinski definition) is 5. The van der Waals surface area contributed by atoms with Crippen molar-refractivity contribution in [3.05, 3.63) is 10.4 Å². The maximum absolute atomic E-state index is 12.0. The van der Waals surface area contributed by atoms with Gasteiger partial charge in [-0.3, -0.25) is 9.59 Å². The number of unbranched alkanes of at least 4 members (excludes halogenated alkanes) is 2. The Morgan fingerprint density at radius 3 is 2.43 bits per heavy atom. The molecule has 6 N–H and O–H groups in total. The first-order chi connectivity index (χ1) is 10.0. The van der Waals surface area contributed by atoms with Crippen molar-refractivity contribution in [2.75, 3.05) is 24.1 Å². The van der Waals surface area contributed by atoms with Gasteiger partial charge < -0.3 is 22.1 Å². The van der Waals surface area contributed by atoms with E-state index in [9.17, 15) is 9.59 Å². The fraction of sp³-hybridized carbons (Fsp3) is 0.571. The zero-order valence-corrected chi connectivity index (χ0v) is 13.4. The van der Waals surface area contributed by atoms with Crippen molar-refractivity contribution in [2.45, 2.75) is 39.5 Å². The molecule has 0 saturated heterocycles. The monoisotopic (exact) mass is 312 g/mol. The van der Waals surface area contributed by atoms with Gasteiger partial charge in [0.25, 0.3) is 11.8 Å². The van der Waals surface area contributed by atoms with E-state index in [1.807, 2.05) is 6.92 Å². The molecule has 118 valence electrons. The summed E-state index contributed by atoms with van der Waals surface area (Å²) in [5, 5.41) is 6.50. The van der Waals surface area contributed by atoms with Crippen LogP contribution in [0.3, 0.4) is 0 Å². The van der Waals surface area contributed by atoms with Crippen molar-refractivity contribution in [2.24, 2.45) is 5.73 Å². The number of amides is 2. The summed E-state index contributed by atoms with van der Waals surface area (Å²) in [5.74, 6) is -0.875. The summed E-state index contributed by atoms with van der Waals surface area (Å²) in [5.41, 5.74) is 11.7. The summed E-state index contributed by atoms with van der Waals surface area (Å²) in [6.45, 7) is 5.38. The van der Waals surface area contributed by atoms with Crippen LogP contribution in [0.2, 0.25) is 0 Å². The Kier molecular flexibility index (Phi) is 7.01. The second kappa shape index (κ2) is 8.51. The molecule has 0 spiro atoms. The number of thiophene rings is 1. The van der Waals surface area contributed by atoms with Crippen LogP contribution in [0.25, 0.3) is 0 Å². The molecule has 0 fully saturated rings. The van der Waals surface area contributed by atoms with Crippen LogP contribution in [0.1, 0.15) is 59.6 Å². The lowest BCUT2D eigenvalue weighted by atomic mass is 10.2. The van der Waals surface area contributed by atoms with Gasteiger partial charge in [-0.05, 0) is 12.8 Å². The molecule has 1 rings (SSSR count). The number of anilines is 2. The van der Waals surface area contributed by atoms with Crippen LogP contribution in [-0.2, 0) is 0 Å². The van der Waals surface area contributed by atoms with Crippen LogP contribution >= 0.6 is 11.3 Å². The minimum atomic E-state index is -0.615. The molecule has 0 aliphatic carbocycles. The Bertz CT molecular complexity index is 499. The number of nitrogens with two attached hydrogens (primary N) is 2. The van der Waals surface area contributed by atoms with Crippen molar-refractivity contribution in [3.8, 4) is 0 Å². The largest absolute Gasteiger partial charge is 0.397 e. The summed E-state index contributed by atoms with van der Waals surface area (Å²) >= 11 is 1.18. The zero-order chi connectivity index (χ0) is 15.8. The topological polar surface area (TPSA) is 110 Å². The lowest BCUT2D eigenvalue weighted by Gasteiger charge is -2.05. The van der Waals surface area contributed by atoms with E-state index in [-0.39, 0.29) is 17.2 Å². The average Bonchev–Trinajstić information content (AvgIpc) is 2.78. The SMILES string of the molecule is CCCCCNc1sc(C(=O)NCCC)c(N)c1C(N)=O. The molecule has 0 radical (unpaired) electrons. The van der Waals surface area contributed by atoms with E-state index < -0.39 is 5.91 Å². The Morgan fingerprint density at radius 2 is 1.86 bits per heavy atom. The van der Waals surface area contributed by atoms with Gasteiger partial charge in [-0.25, -0.2) is 0 Å². The first-order valence-electron chi connectivity index (χ1n) is 7.27. The van der Waals surface area contributed by atoms with Gasteiger partial charge in [0.15, 0.2) is 0 Å². The molecule has 0 aromatic carbocycles. The zero-order valence-electron chi connectivity index (χ0n) is 12.6. The van der Waals surface area contributed by atoms with Crippen LogP contribution in [0.4, 0.5) is 10.7 Å². The normalized spacial score (nSPS) is 10.4. The van der Waals surface area contributed by atoms with Crippen LogP contribution in [-0.4, -0.2) is 24.9 Å². The molecule has 7 heteroatoms. The lowest BCUT2D eigenvalue weighted by molar-refractivity contribution is 0.0958. The highest BCUT2D eigenvalue weighted by molar-refractivity contribution is 7.19. The molecule has 6 nitrogen and oxygen atoms in total. The number of carbonyl (C=O) groups is 2. The standard InChI is InChI=1S/C14H24N4O2S/c1-3-5-6-8-18-14-9(12(16)19)10(15)11(21-14)13(20)17-7-4-2/h18H,3-8,15H2,1-2H3,(H2,16,19)(H,17,20). The van der Waals surface area contributed by atoms with Crippen molar-refractivity contribution < 1.29 is 9.59 Å². The maximum Gasteiger partial charge on any atom is 0.263 e. The van der Waals surface area contributed by atoms with Crippen LogP contribution in [0, 0.1) is 0 Å². The van der Waals surface area contributed by atoms with Crippen molar-refractivity contribution in [3.63, 3.8) is 0 Å². The summed E-state index contributed by atoms with van der Waals surface area (Å²) < 4.78 is 0. The molecule has 2 amide bonds. The molecule has 0 unspecified atom stereocenters. The first-order valence-corrected chi connectivity index (χ1v) is 8.08. The molecule has 0 aliphatic rings. The number of nitrogen functional groups attached to an aromatic ring is 1. The van der Waals surface area contributed by atoms with Crippen LogP contribution < -0.4 is 22.1 Å². The molecule has 21 heavy (non-hydrogen) atoms. The minimum absolute atomic E-state index is 0.166. The molecule has 1 aromatic rings. The number of carbonyl (C=O) groups excluding carboxylic acids is 2. The smallest absolute Gasteiger partial charge is 0.263 e. The molecule has 0 saturated carbocycles. The minimum Gasteiger partial charge on any atom is -0.397 e. The highest BCUT2D eigenvalue weighted by Gasteiger charge is 2.23. The average molecular weight is 312 g/mol. The molecular weight excluding hydrogens is 288 g/mol. The highest BCUT2D eigenvalue weighted by Crippen LogP contribution is 2.35. The van der Waals surface area contributed by atoms with Gasteiger partial charge in [0.05, 0.1) is 11.3 Å². The fourth-order valence-corrected chi connectivity index (χ4v) is 2.95. The van der Waals surface area contributed by atoms with Crippen LogP contribution in [0.15, 0.2) is 0 Å². The highest BCUT2D eigenvalue weighted by atomic mass is 32.1. The Labute approximate surface area is 129 Å². The van der Waals surface area contributed by atoms with E-state index in [0.29, 0.717) is 16.4 Å². The molecule has 0 bridgehead atoms. The van der Waals surface area contributed by atoms with Gasteiger partial charge in [0, 0.05) is 13.1 Å². The predicted octanol–water partition coefficient (Wildman–Crippen LogP) is 2.17. The lowest BCUT2D eigenvalue weighted by Crippen LogP contribution is -2.24. The second-order valence-corrected chi connectivity index (χ2v) is 5.82. The number of nitrogens with one attached hydrogen (secondary N) is 2. The Hall–Kier alpha value is -1.76. The van der Waals surface area contributed by atoms with Gasteiger partial charge in [0.2, 0.25) is 0 Å². The Balaban J connectivity index is 2.91. The van der Waals surface area contributed by atoms with Crippen LogP contribution in [0.5, 0.6) is 0 Å². The van der Waals surface area contributed by atoms with E-state index in [1.165, 1.54) is 11.3 Å². The van der Waals surface area contributed by atoms with Crippen molar-refractivity contribution >= 4 is 33.8 Å². The fourth-order valence-electron chi connectivity index (χ4n) is 1.88. The predicted molar refractivity (Wildman–Crippen MR) is 87.9 cm³/mol. The quantitative estimate of drug-likeness (QED) is 0.524. The molecule has 1 heterocycles. The maximum atomic E-state index is 12.0. The summed E-state index contributed by atoms with van der Waals surface area (Å²) in [6.07, 6.45) is 4.04. The third-order valence-corrected chi connectivity index (χ3v) is 4.16. The summed E-state index contributed by atoms with van der Waals surface area (Å²) in [6, 6.07) is 0. The second-order valence-electron chi connectivity index (χ2n) is 4.80. The van der Waals surface area contributed by atoms with Crippen molar-refractivity contribution in [1.29, 1.82) is 0 Å².